The van der Waals surface area contributed by atoms with E-state index in [9.17, 15) is 18.0 Å². The third-order valence-electron chi connectivity index (χ3n) is 5.50. The van der Waals surface area contributed by atoms with E-state index >= 15 is 0 Å². The Morgan fingerprint density at radius 3 is 2.44 bits per heavy atom. The lowest BCUT2D eigenvalue weighted by atomic mass is 10.0. The number of amides is 2. The molecule has 0 aliphatic carbocycles. The Labute approximate surface area is 202 Å². The topological polar surface area (TPSA) is 121 Å². The van der Waals surface area contributed by atoms with Crippen LogP contribution >= 0.6 is 11.3 Å². The molecule has 2 amide bonds. The van der Waals surface area contributed by atoms with Gasteiger partial charge in [0, 0.05) is 36.8 Å². The van der Waals surface area contributed by atoms with Crippen molar-refractivity contribution in [3.63, 3.8) is 0 Å². The van der Waals surface area contributed by atoms with Gasteiger partial charge in [-0.15, -0.1) is 10.2 Å². The Morgan fingerprint density at radius 1 is 1.03 bits per heavy atom. The number of carbonyl (C=O) groups is 2. The number of anilines is 2. The lowest BCUT2D eigenvalue weighted by Gasteiger charge is -2.30. The van der Waals surface area contributed by atoms with Gasteiger partial charge in [-0.05, 0) is 49.2 Å². The van der Waals surface area contributed by atoms with E-state index in [2.05, 4.69) is 20.8 Å². The van der Waals surface area contributed by atoms with Crippen LogP contribution in [0.4, 0.5) is 11.4 Å². The van der Waals surface area contributed by atoms with E-state index in [0.29, 0.717) is 35.8 Å². The van der Waals surface area contributed by atoms with E-state index in [1.165, 1.54) is 27.8 Å². The number of sulfonamides is 1. The largest absolute Gasteiger partial charge is 0.326 e. The summed E-state index contributed by atoms with van der Waals surface area (Å²) < 4.78 is 27.9. The average Bonchev–Trinajstić information content (AvgIpc) is 3.36. The fourth-order valence-corrected chi connectivity index (χ4v) is 6.06. The zero-order valence-electron chi connectivity index (χ0n) is 18.6. The number of piperidine rings is 1. The average molecular weight is 500 g/mol. The summed E-state index contributed by atoms with van der Waals surface area (Å²) >= 11 is 1.19. The molecule has 1 aliphatic heterocycles. The van der Waals surface area contributed by atoms with E-state index < -0.39 is 10.0 Å². The number of hydrogen-bond donors (Lipinski definition) is 2. The van der Waals surface area contributed by atoms with Gasteiger partial charge in [0.25, 0.3) is 5.91 Å². The summed E-state index contributed by atoms with van der Waals surface area (Å²) in [5.41, 5.74) is 1.22. The first-order chi connectivity index (χ1) is 16.4. The highest BCUT2D eigenvalue weighted by atomic mass is 32.2. The minimum absolute atomic E-state index is 0.136. The molecule has 4 rings (SSSR count). The Kier molecular flexibility index (Phi) is 7.35. The predicted octanol–water partition coefficient (Wildman–Crippen LogP) is 3.71. The maximum atomic E-state index is 13.2. The summed E-state index contributed by atoms with van der Waals surface area (Å²) in [5, 5.41) is 14.6. The van der Waals surface area contributed by atoms with Crippen LogP contribution in [0.1, 0.15) is 46.9 Å². The molecule has 178 valence electrons. The summed E-state index contributed by atoms with van der Waals surface area (Å²) in [4.78, 5) is 24.2. The normalized spacial score (nSPS) is 16.7. The van der Waals surface area contributed by atoms with Crippen molar-refractivity contribution in [1.82, 2.24) is 14.5 Å². The van der Waals surface area contributed by atoms with Gasteiger partial charge in [0.2, 0.25) is 20.9 Å². The van der Waals surface area contributed by atoms with Crippen molar-refractivity contribution in [2.24, 2.45) is 0 Å². The monoisotopic (exact) mass is 499 g/mol. The van der Waals surface area contributed by atoms with Crippen molar-refractivity contribution in [1.29, 1.82) is 0 Å². The molecule has 1 aliphatic rings. The first kappa shape index (κ1) is 24.0. The molecule has 0 saturated carbocycles. The summed E-state index contributed by atoms with van der Waals surface area (Å²) in [7, 11) is -3.71. The van der Waals surface area contributed by atoms with Crippen LogP contribution in [0.5, 0.6) is 0 Å². The molecule has 3 aromatic rings. The van der Waals surface area contributed by atoms with Crippen LogP contribution in [0, 0.1) is 0 Å². The van der Waals surface area contributed by atoms with Gasteiger partial charge in [-0.25, -0.2) is 8.42 Å². The van der Waals surface area contributed by atoms with Gasteiger partial charge in [0.1, 0.15) is 5.01 Å². The molecule has 11 heteroatoms. The number of para-hydroxylation sites is 1. The Morgan fingerprint density at radius 2 is 1.74 bits per heavy atom. The molecular formula is C23H25N5O4S2. The van der Waals surface area contributed by atoms with Gasteiger partial charge in [0.15, 0.2) is 0 Å². The van der Waals surface area contributed by atoms with Crippen LogP contribution in [0.3, 0.4) is 0 Å². The molecule has 34 heavy (non-hydrogen) atoms. The standard InChI is InChI=1S/C23H25N5O4S2/c1-2-20(29)24-18-10-12-19(13-11-18)34(31,32)28-14-6-7-16(15-28)22-26-27-23(33-22)21(30)25-17-8-4-3-5-9-17/h3-5,8-13,16H,2,6-7,14-15H2,1H3,(H,24,29)(H,25,30)/t16-/m1/s1. The number of hydrogen-bond acceptors (Lipinski definition) is 7. The minimum Gasteiger partial charge on any atom is -0.326 e. The molecule has 1 saturated heterocycles. The fourth-order valence-electron chi connectivity index (χ4n) is 3.67. The minimum atomic E-state index is -3.71. The lowest BCUT2D eigenvalue weighted by molar-refractivity contribution is -0.115. The van der Waals surface area contributed by atoms with Crippen LogP contribution in [0.25, 0.3) is 0 Å². The molecule has 1 fully saturated rings. The highest BCUT2D eigenvalue weighted by Gasteiger charge is 2.33. The van der Waals surface area contributed by atoms with E-state index in [4.69, 9.17) is 0 Å². The summed E-state index contributed by atoms with van der Waals surface area (Å²) in [6, 6.07) is 15.3. The third-order valence-corrected chi connectivity index (χ3v) is 8.46. The number of rotatable bonds is 7. The Balaban J connectivity index is 1.44. The zero-order chi connectivity index (χ0) is 24.1. The van der Waals surface area contributed by atoms with Crippen molar-refractivity contribution in [2.75, 3.05) is 23.7 Å². The molecule has 1 atom stereocenters. The summed E-state index contributed by atoms with van der Waals surface area (Å²) in [6.45, 7) is 2.43. The molecule has 0 bridgehead atoms. The number of benzene rings is 2. The molecule has 2 N–H and O–H groups in total. The van der Waals surface area contributed by atoms with E-state index in [0.717, 1.165) is 6.42 Å². The Hall–Kier alpha value is -3.15. The third kappa shape index (κ3) is 5.49. The second kappa shape index (κ2) is 10.4. The van der Waals surface area contributed by atoms with Gasteiger partial charge in [0.05, 0.1) is 4.90 Å². The SMILES string of the molecule is CCC(=O)Nc1ccc(S(=O)(=O)N2CCC[C@@H](c3nnc(C(=O)Nc4ccccc4)s3)C2)cc1. The molecule has 2 aromatic carbocycles. The van der Waals surface area contributed by atoms with Crippen LogP contribution < -0.4 is 10.6 Å². The highest BCUT2D eigenvalue weighted by molar-refractivity contribution is 7.89. The number of nitrogens with one attached hydrogen (secondary N) is 2. The first-order valence-electron chi connectivity index (χ1n) is 11.0. The molecule has 0 spiro atoms. The van der Waals surface area contributed by atoms with Gasteiger partial charge >= 0.3 is 0 Å². The van der Waals surface area contributed by atoms with E-state index in [-0.39, 0.29) is 34.2 Å². The van der Waals surface area contributed by atoms with Gasteiger partial charge < -0.3 is 10.6 Å². The van der Waals surface area contributed by atoms with E-state index in [1.54, 1.807) is 31.2 Å². The van der Waals surface area contributed by atoms with Gasteiger partial charge in [-0.1, -0.05) is 36.5 Å². The number of carbonyl (C=O) groups excluding carboxylic acids is 2. The zero-order valence-corrected chi connectivity index (χ0v) is 20.2. The number of nitrogens with zero attached hydrogens (tertiary/aromatic N) is 3. The fraction of sp³-hybridized carbons (Fsp3) is 0.304. The van der Waals surface area contributed by atoms with Crippen molar-refractivity contribution >= 4 is 44.5 Å². The van der Waals surface area contributed by atoms with Gasteiger partial charge in [-0.2, -0.15) is 4.31 Å². The Bertz CT molecular complexity index is 1260. The second-order valence-electron chi connectivity index (χ2n) is 7.89. The van der Waals surface area contributed by atoms with Crippen molar-refractivity contribution in [2.45, 2.75) is 37.0 Å². The van der Waals surface area contributed by atoms with Crippen molar-refractivity contribution in [3.05, 3.63) is 64.6 Å². The highest BCUT2D eigenvalue weighted by Crippen LogP contribution is 2.32. The quantitative estimate of drug-likeness (QED) is 0.511. The van der Waals surface area contributed by atoms with Crippen LogP contribution in [0.2, 0.25) is 0 Å². The van der Waals surface area contributed by atoms with E-state index in [1.807, 2.05) is 18.2 Å². The molecule has 1 aromatic heterocycles. The number of aromatic nitrogens is 2. The smallest absolute Gasteiger partial charge is 0.286 e. The summed E-state index contributed by atoms with van der Waals surface area (Å²) in [6.07, 6.45) is 1.79. The molecule has 0 unspecified atom stereocenters. The van der Waals surface area contributed by atoms with Gasteiger partial charge in [-0.3, -0.25) is 9.59 Å². The predicted molar refractivity (Wildman–Crippen MR) is 130 cm³/mol. The maximum absolute atomic E-state index is 13.2. The molecule has 0 radical (unpaired) electrons. The summed E-state index contributed by atoms with van der Waals surface area (Å²) in [5.74, 6) is -0.615. The van der Waals surface area contributed by atoms with Crippen LogP contribution in [-0.2, 0) is 14.8 Å². The first-order valence-corrected chi connectivity index (χ1v) is 13.2. The second-order valence-corrected chi connectivity index (χ2v) is 10.8. The lowest BCUT2D eigenvalue weighted by Crippen LogP contribution is -2.39. The molecular weight excluding hydrogens is 474 g/mol. The van der Waals surface area contributed by atoms with Crippen LogP contribution in [-0.4, -0.2) is 47.8 Å². The molecule has 2 heterocycles. The maximum Gasteiger partial charge on any atom is 0.286 e. The van der Waals surface area contributed by atoms with Crippen LogP contribution in [0.15, 0.2) is 59.5 Å². The molecule has 9 nitrogen and oxygen atoms in total. The van der Waals surface area contributed by atoms with Crippen molar-refractivity contribution in [3.8, 4) is 0 Å². The van der Waals surface area contributed by atoms with Crippen molar-refractivity contribution < 1.29 is 18.0 Å².